The molecule has 0 atom stereocenters. The molecule has 0 radical (unpaired) electrons. The van der Waals surface area contributed by atoms with Crippen LogP contribution < -0.4 is 0 Å². The maximum atomic E-state index is 12.6. The molecule has 0 bridgehead atoms. The molecule has 1 saturated heterocycles. The lowest BCUT2D eigenvalue weighted by atomic mass is 9.95. The number of carbonyl (C=O) groups is 2. The molecule has 108 valence electrons. The van der Waals surface area contributed by atoms with Gasteiger partial charge >= 0.3 is 5.97 Å². The maximum absolute atomic E-state index is 12.6. The first kappa shape index (κ1) is 14.5. The summed E-state index contributed by atoms with van der Waals surface area (Å²) in [5.74, 6) is -1.33. The van der Waals surface area contributed by atoms with Crippen LogP contribution >= 0.6 is 0 Å². The van der Waals surface area contributed by atoms with E-state index in [1.165, 1.54) is 0 Å². The molecule has 0 aromatic heterocycles. The summed E-state index contributed by atoms with van der Waals surface area (Å²) in [5.41, 5.74) is 1.61. The number of carboxylic acid groups (broad SMARTS) is 1. The minimum atomic E-state index is -1.08. The second kappa shape index (κ2) is 5.63. The summed E-state index contributed by atoms with van der Waals surface area (Å²) in [6.45, 7) is 4.37. The van der Waals surface area contributed by atoms with Gasteiger partial charge in [-0.05, 0) is 37.8 Å². The van der Waals surface area contributed by atoms with Crippen LogP contribution in [-0.4, -0.2) is 46.2 Å². The molecule has 1 amide bonds. The first-order valence-corrected chi connectivity index (χ1v) is 6.72. The molecule has 0 unspecified atom stereocenters. The Hall–Kier alpha value is -1.88. The molecule has 1 fully saturated rings. The number of aryl methyl sites for hydroxylation is 2. The highest BCUT2D eigenvalue weighted by Gasteiger charge is 2.27. The van der Waals surface area contributed by atoms with Crippen LogP contribution in [0.5, 0.6) is 0 Å². The molecule has 0 aliphatic carbocycles. The summed E-state index contributed by atoms with van der Waals surface area (Å²) in [5, 5.41) is 18.8. The summed E-state index contributed by atoms with van der Waals surface area (Å²) in [7, 11) is 0. The molecule has 1 aliphatic heterocycles. The fourth-order valence-corrected chi connectivity index (χ4v) is 2.59. The molecule has 1 aliphatic rings. The SMILES string of the molecule is Cc1ccc(C)c(C(=O)N2CCC(O)CC2)c1C(=O)O. The van der Waals surface area contributed by atoms with E-state index in [1.54, 1.807) is 30.9 Å². The number of aliphatic hydroxyl groups excluding tert-OH is 1. The topological polar surface area (TPSA) is 77.8 Å². The number of aromatic carboxylic acids is 1. The average molecular weight is 277 g/mol. The Kier molecular flexibility index (Phi) is 4.09. The summed E-state index contributed by atoms with van der Waals surface area (Å²) in [6.07, 6.45) is 0.717. The van der Waals surface area contributed by atoms with Crippen molar-refractivity contribution >= 4 is 11.9 Å². The van der Waals surface area contributed by atoms with Gasteiger partial charge in [0.2, 0.25) is 0 Å². The Morgan fingerprint density at radius 2 is 1.60 bits per heavy atom. The van der Waals surface area contributed by atoms with Crippen LogP contribution in [0.15, 0.2) is 12.1 Å². The molecular formula is C15H19NO4. The van der Waals surface area contributed by atoms with Gasteiger partial charge in [0.05, 0.1) is 17.2 Å². The minimum Gasteiger partial charge on any atom is -0.478 e. The Labute approximate surface area is 117 Å². The van der Waals surface area contributed by atoms with E-state index in [0.717, 1.165) is 0 Å². The molecule has 1 aromatic carbocycles. The number of benzene rings is 1. The second-order valence-corrected chi connectivity index (χ2v) is 5.28. The summed E-state index contributed by atoms with van der Waals surface area (Å²) < 4.78 is 0. The number of likely N-dealkylation sites (tertiary alicyclic amines) is 1. The van der Waals surface area contributed by atoms with Crippen molar-refractivity contribution in [2.75, 3.05) is 13.1 Å². The highest BCUT2D eigenvalue weighted by atomic mass is 16.4. The molecule has 5 heteroatoms. The van der Waals surface area contributed by atoms with E-state index in [2.05, 4.69) is 0 Å². The molecule has 0 saturated carbocycles. The highest BCUT2D eigenvalue weighted by molar-refractivity contribution is 6.06. The average Bonchev–Trinajstić information content (AvgIpc) is 2.40. The third-order valence-corrected chi connectivity index (χ3v) is 3.80. The van der Waals surface area contributed by atoms with Crippen LogP contribution in [0.2, 0.25) is 0 Å². The molecule has 5 nitrogen and oxygen atoms in total. The van der Waals surface area contributed by atoms with Crippen molar-refractivity contribution in [2.45, 2.75) is 32.8 Å². The van der Waals surface area contributed by atoms with Crippen molar-refractivity contribution in [3.8, 4) is 0 Å². The Balaban J connectivity index is 2.39. The number of hydrogen-bond acceptors (Lipinski definition) is 3. The summed E-state index contributed by atoms with van der Waals surface area (Å²) in [4.78, 5) is 25.6. The Bertz CT molecular complexity index is 545. The van der Waals surface area contributed by atoms with Crippen molar-refractivity contribution in [3.63, 3.8) is 0 Å². The molecule has 1 heterocycles. The maximum Gasteiger partial charge on any atom is 0.336 e. The molecular weight excluding hydrogens is 258 g/mol. The molecule has 1 aromatic rings. The van der Waals surface area contributed by atoms with E-state index in [-0.39, 0.29) is 23.1 Å². The van der Waals surface area contributed by atoms with Gasteiger partial charge in [-0.2, -0.15) is 0 Å². The molecule has 2 N–H and O–H groups in total. The number of carboxylic acids is 1. The fourth-order valence-electron chi connectivity index (χ4n) is 2.59. The number of carbonyl (C=O) groups excluding carboxylic acids is 1. The lowest BCUT2D eigenvalue weighted by Gasteiger charge is -2.30. The highest BCUT2D eigenvalue weighted by Crippen LogP contribution is 2.22. The summed E-state index contributed by atoms with van der Waals surface area (Å²) >= 11 is 0. The van der Waals surface area contributed by atoms with Gasteiger partial charge in [-0.3, -0.25) is 4.79 Å². The van der Waals surface area contributed by atoms with Gasteiger partial charge in [0.25, 0.3) is 5.91 Å². The third-order valence-electron chi connectivity index (χ3n) is 3.80. The molecule has 0 spiro atoms. The van der Waals surface area contributed by atoms with Gasteiger partial charge in [0.1, 0.15) is 0 Å². The largest absolute Gasteiger partial charge is 0.478 e. The van der Waals surface area contributed by atoms with Crippen LogP contribution in [0.1, 0.15) is 44.7 Å². The van der Waals surface area contributed by atoms with Gasteiger partial charge in [0, 0.05) is 13.1 Å². The first-order chi connectivity index (χ1) is 9.41. The van der Waals surface area contributed by atoms with Crippen molar-refractivity contribution in [3.05, 3.63) is 34.4 Å². The predicted octanol–water partition coefficient (Wildman–Crippen LogP) is 1.60. The van der Waals surface area contributed by atoms with E-state index in [1.807, 2.05) is 0 Å². The second-order valence-electron chi connectivity index (χ2n) is 5.28. The third kappa shape index (κ3) is 2.67. The van der Waals surface area contributed by atoms with E-state index in [9.17, 15) is 19.8 Å². The normalized spacial score (nSPS) is 16.2. The number of rotatable bonds is 2. The Morgan fingerprint density at radius 1 is 1.10 bits per heavy atom. The predicted molar refractivity (Wildman–Crippen MR) is 74.0 cm³/mol. The van der Waals surface area contributed by atoms with E-state index >= 15 is 0 Å². The minimum absolute atomic E-state index is 0.0844. The quantitative estimate of drug-likeness (QED) is 0.860. The fraction of sp³-hybridized carbons (Fsp3) is 0.467. The van der Waals surface area contributed by atoms with E-state index < -0.39 is 5.97 Å². The van der Waals surface area contributed by atoms with Crippen LogP contribution in [0.25, 0.3) is 0 Å². The zero-order valence-corrected chi connectivity index (χ0v) is 11.7. The zero-order chi connectivity index (χ0) is 14.9. The monoisotopic (exact) mass is 277 g/mol. The van der Waals surface area contributed by atoms with E-state index in [4.69, 9.17) is 0 Å². The zero-order valence-electron chi connectivity index (χ0n) is 11.7. The Morgan fingerprint density at radius 3 is 2.10 bits per heavy atom. The standard InChI is InChI=1S/C15H19NO4/c1-9-3-4-10(2)13(15(19)20)12(9)14(18)16-7-5-11(17)6-8-16/h3-4,11,17H,5-8H2,1-2H3,(H,19,20). The van der Waals surface area contributed by atoms with Crippen LogP contribution in [0.3, 0.4) is 0 Å². The van der Waals surface area contributed by atoms with Gasteiger partial charge in [-0.1, -0.05) is 12.1 Å². The van der Waals surface area contributed by atoms with Crippen molar-refractivity contribution < 1.29 is 19.8 Å². The molecule has 2 rings (SSSR count). The number of amides is 1. The van der Waals surface area contributed by atoms with Crippen LogP contribution in [0, 0.1) is 13.8 Å². The first-order valence-electron chi connectivity index (χ1n) is 6.72. The summed E-state index contributed by atoms with van der Waals surface area (Å²) in [6, 6.07) is 3.49. The number of aliphatic hydroxyl groups is 1. The van der Waals surface area contributed by atoms with Gasteiger partial charge in [0.15, 0.2) is 0 Å². The van der Waals surface area contributed by atoms with Crippen molar-refractivity contribution in [1.29, 1.82) is 0 Å². The van der Waals surface area contributed by atoms with Gasteiger partial charge in [-0.25, -0.2) is 4.79 Å². The number of hydrogen-bond donors (Lipinski definition) is 2. The van der Waals surface area contributed by atoms with Gasteiger partial charge < -0.3 is 15.1 Å². The lowest BCUT2D eigenvalue weighted by Crippen LogP contribution is -2.41. The van der Waals surface area contributed by atoms with Crippen LogP contribution in [0.4, 0.5) is 0 Å². The van der Waals surface area contributed by atoms with Crippen LogP contribution in [-0.2, 0) is 0 Å². The smallest absolute Gasteiger partial charge is 0.336 e. The van der Waals surface area contributed by atoms with Crippen molar-refractivity contribution in [1.82, 2.24) is 4.90 Å². The van der Waals surface area contributed by atoms with Crippen molar-refractivity contribution in [2.24, 2.45) is 0 Å². The number of nitrogens with zero attached hydrogens (tertiary/aromatic N) is 1. The lowest BCUT2D eigenvalue weighted by molar-refractivity contribution is 0.0535. The number of piperidine rings is 1. The van der Waals surface area contributed by atoms with Gasteiger partial charge in [-0.15, -0.1) is 0 Å². The molecule has 20 heavy (non-hydrogen) atoms. The van der Waals surface area contributed by atoms with E-state index in [0.29, 0.717) is 37.1 Å².